The van der Waals surface area contributed by atoms with E-state index in [1.807, 2.05) is 0 Å². The molecule has 1 atom stereocenters. The first kappa shape index (κ1) is 20.0. The third-order valence-electron chi connectivity index (χ3n) is 5.26. The van der Waals surface area contributed by atoms with Crippen molar-refractivity contribution in [2.75, 3.05) is 13.7 Å². The average molecular weight is 317 g/mol. The maximum Gasteiger partial charge on any atom is 0.0649 e. The largest absolute Gasteiger partial charge is 0.381 e. The van der Waals surface area contributed by atoms with Gasteiger partial charge in [-0.1, -0.05) is 67.4 Å². The number of hydrogen-bond donors (Lipinski definition) is 0. The molecule has 0 saturated heterocycles. The SMILES string of the molecule is COC/C=C(C)/C=C/C=C(\C)C(C)CC1=C(C)CCCC1(C)C. The first-order chi connectivity index (χ1) is 10.8. The van der Waals surface area contributed by atoms with E-state index in [1.165, 1.54) is 36.8 Å². The molecule has 0 heterocycles. The fourth-order valence-electron chi connectivity index (χ4n) is 3.39. The standard InChI is InChI=1S/C22H36O/c1-17(13-15-23-7)10-8-11-18(2)20(4)16-21-19(3)12-9-14-22(21,5)6/h8,10-11,13,20H,9,12,14-16H2,1-7H3/b10-8+,17-13+,18-11+. The molecular formula is C22H36O. The highest BCUT2D eigenvalue weighted by Gasteiger charge is 2.29. The van der Waals surface area contributed by atoms with Gasteiger partial charge in [0.05, 0.1) is 6.61 Å². The zero-order valence-electron chi connectivity index (χ0n) is 16.3. The van der Waals surface area contributed by atoms with Gasteiger partial charge < -0.3 is 4.74 Å². The molecule has 0 amide bonds. The van der Waals surface area contributed by atoms with Crippen LogP contribution < -0.4 is 0 Å². The summed E-state index contributed by atoms with van der Waals surface area (Å²) < 4.78 is 5.06. The van der Waals surface area contributed by atoms with Crippen molar-refractivity contribution in [3.05, 3.63) is 46.6 Å². The third-order valence-corrected chi connectivity index (χ3v) is 5.26. The summed E-state index contributed by atoms with van der Waals surface area (Å²) in [6, 6.07) is 0. The Labute approximate surface area is 144 Å². The van der Waals surface area contributed by atoms with Gasteiger partial charge in [-0.2, -0.15) is 0 Å². The Bertz CT molecular complexity index is 500. The van der Waals surface area contributed by atoms with Crippen LogP contribution in [0.25, 0.3) is 0 Å². The molecule has 0 aliphatic heterocycles. The van der Waals surface area contributed by atoms with Gasteiger partial charge in [-0.05, 0) is 57.8 Å². The number of hydrogen-bond acceptors (Lipinski definition) is 1. The van der Waals surface area contributed by atoms with Gasteiger partial charge in [0.2, 0.25) is 0 Å². The first-order valence-corrected chi connectivity index (χ1v) is 8.97. The number of ether oxygens (including phenoxy) is 1. The lowest BCUT2D eigenvalue weighted by Crippen LogP contribution is -2.22. The van der Waals surface area contributed by atoms with Crippen LogP contribution in [-0.4, -0.2) is 13.7 Å². The minimum absolute atomic E-state index is 0.381. The minimum atomic E-state index is 0.381. The highest BCUT2D eigenvalue weighted by molar-refractivity contribution is 5.26. The summed E-state index contributed by atoms with van der Waals surface area (Å²) in [5.74, 6) is 0.602. The van der Waals surface area contributed by atoms with Gasteiger partial charge in [-0.15, -0.1) is 0 Å². The third kappa shape index (κ3) is 6.51. The van der Waals surface area contributed by atoms with Gasteiger partial charge in [0.1, 0.15) is 0 Å². The minimum Gasteiger partial charge on any atom is -0.381 e. The highest BCUT2D eigenvalue weighted by Crippen LogP contribution is 2.43. The molecule has 1 aliphatic rings. The van der Waals surface area contributed by atoms with E-state index in [0.29, 0.717) is 17.9 Å². The molecule has 1 heteroatoms. The van der Waals surface area contributed by atoms with Crippen LogP contribution in [-0.2, 0) is 4.74 Å². The van der Waals surface area contributed by atoms with Crippen LogP contribution in [0.15, 0.2) is 46.6 Å². The van der Waals surface area contributed by atoms with Crippen LogP contribution in [0.1, 0.15) is 67.2 Å². The van der Waals surface area contributed by atoms with E-state index in [-0.39, 0.29) is 0 Å². The number of rotatable bonds is 7. The molecule has 0 N–H and O–H groups in total. The van der Waals surface area contributed by atoms with Gasteiger partial charge in [0.25, 0.3) is 0 Å². The fraction of sp³-hybridized carbons (Fsp3) is 0.636. The van der Waals surface area contributed by atoms with Crippen LogP contribution in [0.3, 0.4) is 0 Å². The monoisotopic (exact) mass is 316 g/mol. The molecule has 1 unspecified atom stereocenters. The molecule has 0 aromatic rings. The summed E-state index contributed by atoms with van der Waals surface area (Å²) in [7, 11) is 1.72. The Morgan fingerprint density at radius 2 is 2.00 bits per heavy atom. The smallest absolute Gasteiger partial charge is 0.0649 e. The lowest BCUT2D eigenvalue weighted by molar-refractivity contribution is 0.233. The Morgan fingerprint density at radius 1 is 1.30 bits per heavy atom. The van der Waals surface area contributed by atoms with Gasteiger partial charge in [0, 0.05) is 7.11 Å². The van der Waals surface area contributed by atoms with E-state index in [2.05, 4.69) is 65.8 Å². The first-order valence-electron chi connectivity index (χ1n) is 8.97. The molecule has 23 heavy (non-hydrogen) atoms. The predicted octanol–water partition coefficient (Wildman–Crippen LogP) is 6.63. The molecular weight excluding hydrogens is 280 g/mol. The van der Waals surface area contributed by atoms with Crippen molar-refractivity contribution in [1.29, 1.82) is 0 Å². The zero-order valence-corrected chi connectivity index (χ0v) is 16.3. The van der Waals surface area contributed by atoms with Crippen molar-refractivity contribution in [2.24, 2.45) is 11.3 Å². The molecule has 0 saturated carbocycles. The quantitative estimate of drug-likeness (QED) is 0.378. The van der Waals surface area contributed by atoms with E-state index < -0.39 is 0 Å². The molecule has 130 valence electrons. The topological polar surface area (TPSA) is 9.23 Å². The number of allylic oxidation sites excluding steroid dienone is 7. The van der Waals surface area contributed by atoms with Crippen molar-refractivity contribution >= 4 is 0 Å². The molecule has 0 fully saturated rings. The Kier molecular flexibility index (Phi) is 8.05. The maximum atomic E-state index is 5.06. The van der Waals surface area contributed by atoms with Crippen molar-refractivity contribution in [3.8, 4) is 0 Å². The number of methoxy groups -OCH3 is 1. The van der Waals surface area contributed by atoms with Crippen molar-refractivity contribution < 1.29 is 4.74 Å². The lowest BCUT2D eigenvalue weighted by Gasteiger charge is -2.36. The van der Waals surface area contributed by atoms with Crippen molar-refractivity contribution in [3.63, 3.8) is 0 Å². The van der Waals surface area contributed by atoms with Gasteiger partial charge in [0.15, 0.2) is 0 Å². The molecule has 0 aromatic heterocycles. The molecule has 0 spiro atoms. The van der Waals surface area contributed by atoms with Crippen LogP contribution in [0, 0.1) is 11.3 Å². The van der Waals surface area contributed by atoms with Gasteiger partial charge in [-0.3, -0.25) is 0 Å². The van der Waals surface area contributed by atoms with Crippen LogP contribution in [0.4, 0.5) is 0 Å². The van der Waals surface area contributed by atoms with Gasteiger partial charge >= 0.3 is 0 Å². The molecule has 1 aliphatic carbocycles. The summed E-state index contributed by atoms with van der Waals surface area (Å²) in [5, 5.41) is 0. The Balaban J connectivity index is 2.71. The second kappa shape index (κ2) is 9.27. The lowest BCUT2D eigenvalue weighted by atomic mass is 9.69. The maximum absolute atomic E-state index is 5.06. The van der Waals surface area contributed by atoms with Crippen LogP contribution in [0.5, 0.6) is 0 Å². The Hall–Kier alpha value is -1.08. The van der Waals surface area contributed by atoms with Crippen molar-refractivity contribution in [2.45, 2.75) is 67.2 Å². The van der Waals surface area contributed by atoms with E-state index >= 15 is 0 Å². The summed E-state index contributed by atoms with van der Waals surface area (Å²) in [6.07, 6.45) is 13.9. The van der Waals surface area contributed by atoms with E-state index in [0.717, 1.165) is 0 Å². The second-order valence-electron chi connectivity index (χ2n) is 7.77. The normalized spacial score (nSPS) is 21.2. The summed E-state index contributed by atoms with van der Waals surface area (Å²) in [6.45, 7) is 14.6. The zero-order chi connectivity index (χ0) is 17.5. The van der Waals surface area contributed by atoms with E-state index in [4.69, 9.17) is 4.74 Å². The highest BCUT2D eigenvalue weighted by atomic mass is 16.5. The van der Waals surface area contributed by atoms with Crippen molar-refractivity contribution in [1.82, 2.24) is 0 Å². The van der Waals surface area contributed by atoms with E-state index in [9.17, 15) is 0 Å². The van der Waals surface area contributed by atoms with Crippen LogP contribution in [0.2, 0.25) is 0 Å². The van der Waals surface area contributed by atoms with Crippen LogP contribution >= 0.6 is 0 Å². The molecule has 0 aromatic carbocycles. The molecule has 0 radical (unpaired) electrons. The summed E-state index contributed by atoms with van der Waals surface area (Å²) in [4.78, 5) is 0. The summed E-state index contributed by atoms with van der Waals surface area (Å²) >= 11 is 0. The molecule has 0 bridgehead atoms. The second-order valence-corrected chi connectivity index (χ2v) is 7.77. The van der Waals surface area contributed by atoms with Gasteiger partial charge in [-0.25, -0.2) is 0 Å². The molecule has 1 rings (SSSR count). The predicted molar refractivity (Wildman–Crippen MR) is 103 cm³/mol. The molecule has 1 nitrogen and oxygen atoms in total. The fourth-order valence-corrected chi connectivity index (χ4v) is 3.39. The van der Waals surface area contributed by atoms with E-state index in [1.54, 1.807) is 18.3 Å². The summed E-state index contributed by atoms with van der Waals surface area (Å²) in [5.41, 5.74) is 6.42. The average Bonchev–Trinajstić information content (AvgIpc) is 2.48. The Morgan fingerprint density at radius 3 is 2.61 bits per heavy atom.